The maximum atomic E-state index is 6.45. The first-order valence-electron chi connectivity index (χ1n) is 48.9. The average molecular weight is 1780 g/mol. The molecule has 14 aromatic rings. The fraction of sp³-hybridized carbons (Fsp3) is 0.268. The number of aryl methyl sites for hydroxylation is 9. The maximum Gasteiger partial charge on any atom is 0.119 e. The fourth-order valence-corrected chi connectivity index (χ4v) is 21.4. The summed E-state index contributed by atoms with van der Waals surface area (Å²) in [7, 11) is 0. The van der Waals surface area contributed by atoms with Crippen LogP contribution in [0.15, 0.2) is 206 Å². The first-order chi connectivity index (χ1) is 65.5. The fourth-order valence-electron chi connectivity index (χ4n) is 20.3. The highest BCUT2D eigenvalue weighted by Crippen LogP contribution is 2.47. The Balaban J connectivity index is 0.754. The van der Waals surface area contributed by atoms with Crippen molar-refractivity contribution in [2.24, 2.45) is 0 Å². The summed E-state index contributed by atoms with van der Waals surface area (Å²) >= 11 is 1.76. The number of nitrogens with one attached hydrogen (secondary N) is 3. The van der Waals surface area contributed by atoms with Gasteiger partial charge >= 0.3 is 0 Å². The minimum Gasteiger partial charge on any atom is -0.494 e. The van der Waals surface area contributed by atoms with Gasteiger partial charge in [-0.25, -0.2) is 19.9 Å². The monoisotopic (exact) mass is 1780 g/mol. The van der Waals surface area contributed by atoms with E-state index in [2.05, 4.69) is 365 Å². The molecule has 0 fully saturated rings. The zero-order valence-electron chi connectivity index (χ0n) is 80.0. The third kappa shape index (κ3) is 20.2. The van der Waals surface area contributed by atoms with Crippen LogP contribution in [0, 0.1) is 74.2 Å². The molecule has 0 unspecified atom stereocenters. The molecule has 0 atom stereocenters. The molecule has 134 heavy (non-hydrogen) atoms. The number of aromatic nitrogens is 7. The third-order valence-electron chi connectivity index (χ3n) is 26.6. The van der Waals surface area contributed by atoms with Gasteiger partial charge in [0.1, 0.15) is 17.2 Å². The second kappa shape index (κ2) is 41.6. The van der Waals surface area contributed by atoms with E-state index >= 15 is 0 Å². The smallest absolute Gasteiger partial charge is 0.119 e. The number of H-pyrrole nitrogens is 3. The molecule has 6 aromatic heterocycles. The quantitative estimate of drug-likeness (QED) is 0.0283. The number of ether oxygens (including phenoxy) is 3. The second-order valence-corrected chi connectivity index (χ2v) is 38.1. The molecule has 0 saturated heterocycles. The molecule has 0 aliphatic carbocycles. The first-order valence-corrected chi connectivity index (χ1v) is 49.7. The highest BCUT2D eigenvalue weighted by Gasteiger charge is 2.26. The molecule has 4 aliphatic rings. The van der Waals surface area contributed by atoms with E-state index in [1.165, 1.54) is 152 Å². The molecule has 10 nitrogen and oxygen atoms in total. The normalized spacial score (nSPS) is 12.0. The number of thiophene rings is 1. The number of benzene rings is 8. The van der Waals surface area contributed by atoms with Gasteiger partial charge in [0, 0.05) is 98.1 Å². The molecule has 0 radical (unpaired) electrons. The van der Waals surface area contributed by atoms with Gasteiger partial charge < -0.3 is 29.2 Å². The Morgan fingerprint density at radius 3 is 0.709 bits per heavy atom. The summed E-state index contributed by atoms with van der Waals surface area (Å²) < 4.78 is 21.4. The van der Waals surface area contributed by atoms with Crippen LogP contribution in [0.4, 0.5) is 0 Å². The minimum atomic E-state index is 0.684. The van der Waals surface area contributed by atoms with Crippen molar-refractivity contribution in [1.29, 1.82) is 0 Å². The topological polar surface area (TPSA) is 127 Å². The molecule has 11 heteroatoms. The largest absolute Gasteiger partial charge is 0.494 e. The Morgan fingerprint density at radius 2 is 0.448 bits per heavy atom. The summed E-state index contributed by atoms with van der Waals surface area (Å²) in [6.07, 6.45) is 39.3. The second-order valence-electron chi connectivity index (χ2n) is 37.0. The van der Waals surface area contributed by atoms with Crippen molar-refractivity contribution in [3.8, 4) is 118 Å². The summed E-state index contributed by atoms with van der Waals surface area (Å²) in [5.74, 6) is 9.79. The van der Waals surface area contributed by atoms with Crippen molar-refractivity contribution >= 4 is 102 Å². The number of aromatic amines is 3. The van der Waals surface area contributed by atoms with E-state index in [0.29, 0.717) is 19.8 Å². The van der Waals surface area contributed by atoms with Gasteiger partial charge in [0.15, 0.2) is 0 Å². The molecular weight excluding hydrogens is 1660 g/mol. The van der Waals surface area contributed by atoms with Crippen LogP contribution in [-0.4, -0.2) is 54.7 Å². The van der Waals surface area contributed by atoms with E-state index in [1.807, 2.05) is 0 Å². The summed E-state index contributed by atoms with van der Waals surface area (Å²) in [6, 6.07) is 74.9. The summed E-state index contributed by atoms with van der Waals surface area (Å²) in [6.45, 7) is 28.8. The van der Waals surface area contributed by atoms with E-state index in [0.717, 1.165) is 219 Å². The van der Waals surface area contributed by atoms with Crippen LogP contribution in [0.5, 0.6) is 17.2 Å². The Hall–Kier alpha value is -13.7. The minimum absolute atomic E-state index is 0.684. The average Bonchev–Trinajstić information content (AvgIpc) is 1.51. The lowest BCUT2D eigenvalue weighted by molar-refractivity contribution is 0.304. The maximum absolute atomic E-state index is 6.45. The molecule has 8 aromatic carbocycles. The van der Waals surface area contributed by atoms with Gasteiger partial charge in [-0.05, 0) is 317 Å². The molecule has 0 amide bonds. The predicted octanol–water partition coefficient (Wildman–Crippen LogP) is 34.1. The van der Waals surface area contributed by atoms with Crippen LogP contribution in [0.25, 0.3) is 180 Å². The Labute approximate surface area is 795 Å². The summed E-state index contributed by atoms with van der Waals surface area (Å²) in [5, 5.41) is 0. The van der Waals surface area contributed by atoms with Crippen molar-refractivity contribution < 1.29 is 14.2 Å². The Bertz CT molecular complexity index is 7110. The highest BCUT2D eigenvalue weighted by atomic mass is 32.1. The zero-order chi connectivity index (χ0) is 92.3. The molecule has 16 bridgehead atoms. The standard InChI is InChI=1S/C123H123N7O3S/c1-13-16-19-22-25-28-69-131-94-47-41-90(42-48-94)117-97-53-54-98(124-97)118(91-43-49-95(50-44-91)132-70-29-26-23-20-17-14-2)100-56-60-104(126-100)120(93-45-51-96(52-46-93)133-71-30-27-24-21-18-15-3)112-68-67-111(134-112)119(103-59-55-99(117)125-103)92-39-35-88(36-40-92)32-31-87-33-37-89(38-34-87)116-101-57-61-105(127-101)121(113-81(7)72-78(4)73-82(113)8)107-63-65-109(129-107)123(115-85(11)76-80(6)77-86(115)12)110-66-64-108(130-110)122(106-62-58-102(116)128-106)114-83(9)74-79(5)75-84(114)10/h33-68,72-77,124,127,130H,13-30,69-71H2,1-12H3. The van der Waals surface area contributed by atoms with Gasteiger partial charge in [-0.3, -0.25) is 0 Å². The molecule has 674 valence electrons. The molecule has 4 aliphatic heterocycles. The van der Waals surface area contributed by atoms with Crippen LogP contribution in [0.1, 0.15) is 243 Å². The van der Waals surface area contributed by atoms with Crippen molar-refractivity contribution in [2.45, 2.75) is 199 Å². The number of hydrogen-bond donors (Lipinski definition) is 3. The van der Waals surface area contributed by atoms with Crippen LogP contribution >= 0.6 is 11.3 Å². The zero-order valence-corrected chi connectivity index (χ0v) is 80.8. The van der Waals surface area contributed by atoms with Gasteiger partial charge in [0.25, 0.3) is 0 Å². The Morgan fingerprint density at radius 1 is 0.231 bits per heavy atom. The molecule has 18 rings (SSSR count). The van der Waals surface area contributed by atoms with Crippen LogP contribution in [0.3, 0.4) is 0 Å². The number of rotatable bonds is 32. The first kappa shape index (κ1) is 90.9. The summed E-state index contributed by atoms with van der Waals surface area (Å²) in [4.78, 5) is 35.1. The molecule has 0 spiro atoms. The van der Waals surface area contributed by atoms with E-state index in [-0.39, 0.29) is 0 Å². The predicted molar refractivity (Wildman–Crippen MR) is 570 cm³/mol. The number of unbranched alkanes of at least 4 members (excludes halogenated alkanes) is 15. The summed E-state index contributed by atoms with van der Waals surface area (Å²) in [5.41, 5.74) is 42.0. The Kier molecular flexibility index (Phi) is 28.2. The number of nitrogens with zero attached hydrogens (tertiary/aromatic N) is 4. The lowest BCUT2D eigenvalue weighted by Gasteiger charge is -2.14. The molecular formula is C123H123N7O3S. The lowest BCUT2D eigenvalue weighted by atomic mass is 9.92. The lowest BCUT2D eigenvalue weighted by Crippen LogP contribution is -1.97. The SMILES string of the molecule is CCCCCCCCOc1ccc(-c2c3nc(c(-c4ccc(C#Cc5ccc(-c6c7nc(c(-c8c(C)cc(C)cc8C)c8ccc([nH]8)c(-c8c(C)cc(C)cc8C)c8nc(c(-c9c(C)cc(C)cc9C)c9ccc6[nH]9)C=C8)C=C7)cc5)cc4)c4ccc(s4)c(-c4ccc(OCCCCCCCC)cc4)c4nc(c(-c5ccc(OCCCCCCCC)cc5)c5ccc2[nH]5)C=C4)C=C3)cc1. The van der Waals surface area contributed by atoms with Gasteiger partial charge in [0.05, 0.1) is 65.4 Å². The van der Waals surface area contributed by atoms with Crippen LogP contribution < -0.4 is 14.2 Å². The highest BCUT2D eigenvalue weighted by molar-refractivity contribution is 7.24. The van der Waals surface area contributed by atoms with Crippen molar-refractivity contribution in [2.75, 3.05) is 19.8 Å². The molecule has 0 saturated carbocycles. The van der Waals surface area contributed by atoms with Crippen molar-refractivity contribution in [3.63, 3.8) is 0 Å². The van der Waals surface area contributed by atoms with Crippen LogP contribution in [-0.2, 0) is 0 Å². The van der Waals surface area contributed by atoms with E-state index in [1.54, 1.807) is 11.3 Å². The molecule has 3 N–H and O–H groups in total. The van der Waals surface area contributed by atoms with Gasteiger partial charge in [0.2, 0.25) is 0 Å². The van der Waals surface area contributed by atoms with Gasteiger partial charge in [-0.2, -0.15) is 0 Å². The van der Waals surface area contributed by atoms with E-state index in [4.69, 9.17) is 34.1 Å². The van der Waals surface area contributed by atoms with Crippen molar-refractivity contribution in [3.05, 3.63) is 313 Å². The number of fused-ring (bicyclic) bond motifs is 16. The van der Waals surface area contributed by atoms with E-state index in [9.17, 15) is 0 Å². The van der Waals surface area contributed by atoms with Gasteiger partial charge in [-0.15, -0.1) is 11.3 Å². The van der Waals surface area contributed by atoms with Crippen molar-refractivity contribution in [1.82, 2.24) is 34.9 Å². The number of hydrogen-bond acceptors (Lipinski definition) is 8. The van der Waals surface area contributed by atoms with Crippen LogP contribution in [0.2, 0.25) is 0 Å². The third-order valence-corrected chi connectivity index (χ3v) is 27.7. The van der Waals surface area contributed by atoms with E-state index < -0.39 is 0 Å². The van der Waals surface area contributed by atoms with Gasteiger partial charge in [-0.1, -0.05) is 243 Å². The molecule has 10 heterocycles.